The first-order valence-corrected chi connectivity index (χ1v) is 4.46. The van der Waals surface area contributed by atoms with Gasteiger partial charge in [-0.3, -0.25) is 19.7 Å². The number of nitro benzene ring substituents is 1. The van der Waals surface area contributed by atoms with Crippen molar-refractivity contribution in [2.75, 3.05) is 0 Å². The molecule has 0 saturated carbocycles. The van der Waals surface area contributed by atoms with Crippen LogP contribution in [0.3, 0.4) is 0 Å². The Morgan fingerprint density at radius 2 is 1.94 bits per heavy atom. The van der Waals surface area contributed by atoms with E-state index in [1.54, 1.807) is 0 Å². The molecular formula is C9H3FN4O4. The van der Waals surface area contributed by atoms with Gasteiger partial charge in [0.15, 0.2) is 0 Å². The minimum absolute atomic E-state index is 0.254. The van der Waals surface area contributed by atoms with Gasteiger partial charge in [-0.2, -0.15) is 0 Å². The van der Waals surface area contributed by atoms with E-state index in [9.17, 15) is 24.1 Å². The second kappa shape index (κ2) is 3.77. The molecule has 0 aliphatic heterocycles. The summed E-state index contributed by atoms with van der Waals surface area (Å²) in [6.45, 7) is 6.71. The molecule has 1 aromatic carbocycles. The summed E-state index contributed by atoms with van der Waals surface area (Å²) in [7, 11) is 0. The van der Waals surface area contributed by atoms with Crippen LogP contribution in [0, 0.1) is 22.5 Å². The first-order valence-electron chi connectivity index (χ1n) is 4.46. The van der Waals surface area contributed by atoms with Crippen LogP contribution >= 0.6 is 0 Å². The molecule has 8 nitrogen and oxygen atoms in total. The van der Waals surface area contributed by atoms with Crippen LogP contribution in [-0.4, -0.2) is 14.9 Å². The van der Waals surface area contributed by atoms with Gasteiger partial charge in [-0.05, 0) is 6.07 Å². The number of nitrogens with one attached hydrogen (secondary N) is 2. The summed E-state index contributed by atoms with van der Waals surface area (Å²) in [5, 5.41) is 10.8. The molecule has 18 heavy (non-hydrogen) atoms. The summed E-state index contributed by atoms with van der Waals surface area (Å²) >= 11 is 0. The third-order valence-electron chi connectivity index (χ3n) is 2.22. The largest absolute Gasteiger partial charge is 0.316 e. The average Bonchev–Trinajstić information content (AvgIpc) is 2.29. The van der Waals surface area contributed by atoms with E-state index in [0.717, 1.165) is 6.07 Å². The number of H-pyrrole nitrogens is 2. The second-order valence-corrected chi connectivity index (χ2v) is 3.26. The molecule has 0 aliphatic rings. The molecule has 0 bridgehead atoms. The molecule has 2 N–H and O–H groups in total. The molecule has 0 unspecified atom stereocenters. The van der Waals surface area contributed by atoms with Crippen LogP contribution in [0.15, 0.2) is 15.7 Å². The van der Waals surface area contributed by atoms with Crippen molar-refractivity contribution in [3.05, 3.63) is 54.1 Å². The zero-order valence-electron chi connectivity index (χ0n) is 8.48. The number of nitrogens with zero attached hydrogens (tertiary/aromatic N) is 2. The third-order valence-corrected chi connectivity index (χ3v) is 2.22. The van der Waals surface area contributed by atoms with Gasteiger partial charge in [0.1, 0.15) is 11.3 Å². The molecule has 1 heterocycles. The Labute approximate surface area is 96.7 Å². The zero-order valence-corrected chi connectivity index (χ0v) is 8.48. The molecule has 0 atom stereocenters. The van der Waals surface area contributed by atoms with Crippen molar-refractivity contribution in [2.24, 2.45) is 0 Å². The lowest BCUT2D eigenvalue weighted by atomic mass is 10.2. The summed E-state index contributed by atoms with van der Waals surface area (Å²) in [5.74, 6) is -1.15. The smallest absolute Gasteiger partial charge is 0.314 e. The van der Waals surface area contributed by atoms with E-state index in [2.05, 4.69) is 4.85 Å². The van der Waals surface area contributed by atoms with Crippen molar-refractivity contribution in [1.29, 1.82) is 0 Å². The lowest BCUT2D eigenvalue weighted by Crippen LogP contribution is -2.29. The monoisotopic (exact) mass is 250 g/mol. The minimum Gasteiger partial charge on any atom is -0.316 e. The Bertz CT molecular complexity index is 829. The molecule has 2 aromatic rings. The van der Waals surface area contributed by atoms with Crippen molar-refractivity contribution < 1.29 is 9.31 Å². The molecular weight excluding hydrogens is 247 g/mol. The van der Waals surface area contributed by atoms with E-state index in [4.69, 9.17) is 6.57 Å². The van der Waals surface area contributed by atoms with E-state index in [-0.39, 0.29) is 5.52 Å². The molecule has 0 fully saturated rings. The Hall–Kier alpha value is -3.02. The third kappa shape index (κ3) is 1.52. The molecule has 0 spiro atoms. The van der Waals surface area contributed by atoms with E-state index in [1.165, 1.54) is 0 Å². The first kappa shape index (κ1) is 11.5. The summed E-state index contributed by atoms with van der Waals surface area (Å²) in [5.41, 5.74) is -4.53. The number of rotatable bonds is 1. The number of nitro groups is 1. The molecule has 1 aromatic heterocycles. The summed E-state index contributed by atoms with van der Waals surface area (Å²) in [6.07, 6.45) is 0. The highest BCUT2D eigenvalue weighted by atomic mass is 19.1. The van der Waals surface area contributed by atoms with Gasteiger partial charge < -0.3 is 9.97 Å². The number of aromatic amines is 2. The number of halogens is 1. The average molecular weight is 250 g/mol. The highest BCUT2D eigenvalue weighted by Gasteiger charge is 2.25. The van der Waals surface area contributed by atoms with E-state index in [0.29, 0.717) is 0 Å². The van der Waals surface area contributed by atoms with Gasteiger partial charge in [-0.25, -0.2) is 9.24 Å². The van der Waals surface area contributed by atoms with Gasteiger partial charge >= 0.3 is 16.8 Å². The molecule has 2 rings (SSSR count). The second-order valence-electron chi connectivity index (χ2n) is 3.26. The van der Waals surface area contributed by atoms with Crippen molar-refractivity contribution in [2.45, 2.75) is 0 Å². The molecule has 90 valence electrons. The highest BCUT2D eigenvalue weighted by molar-refractivity contribution is 5.91. The Kier molecular flexibility index (Phi) is 2.40. The van der Waals surface area contributed by atoms with Gasteiger partial charge in [-0.15, -0.1) is 0 Å². The SMILES string of the molecule is [C-]#[N+]c1c(F)cc2[nH]c(=O)c(=O)[nH]c2c1[N+](=O)[O-]. The van der Waals surface area contributed by atoms with Crippen molar-refractivity contribution in [3.8, 4) is 0 Å². The van der Waals surface area contributed by atoms with Crippen molar-refractivity contribution in [3.63, 3.8) is 0 Å². The lowest BCUT2D eigenvalue weighted by Gasteiger charge is -2.02. The maximum Gasteiger partial charge on any atom is 0.314 e. The van der Waals surface area contributed by atoms with E-state index in [1.807, 2.05) is 9.97 Å². The number of hydrogen-bond acceptors (Lipinski definition) is 4. The van der Waals surface area contributed by atoms with Gasteiger partial charge in [0.2, 0.25) is 0 Å². The van der Waals surface area contributed by atoms with Gasteiger partial charge in [0, 0.05) is 0 Å². The number of aromatic nitrogens is 2. The number of hydrogen-bond donors (Lipinski definition) is 2. The van der Waals surface area contributed by atoms with E-state index >= 15 is 0 Å². The first-order chi connectivity index (χ1) is 8.45. The quantitative estimate of drug-likeness (QED) is 0.337. The van der Waals surface area contributed by atoms with Crippen molar-refractivity contribution >= 4 is 22.4 Å². The minimum atomic E-state index is -1.15. The predicted molar refractivity (Wildman–Crippen MR) is 58.1 cm³/mol. The van der Waals surface area contributed by atoms with Crippen LogP contribution in [-0.2, 0) is 0 Å². The summed E-state index contributed by atoms with van der Waals surface area (Å²) in [4.78, 5) is 38.6. The van der Waals surface area contributed by atoms with Gasteiger partial charge in [-0.1, -0.05) is 0 Å². The topological polar surface area (TPSA) is 113 Å². The van der Waals surface area contributed by atoms with Crippen LogP contribution in [0.1, 0.15) is 0 Å². The standard InChI is InChI=1S/C9H3FN4O4/c1-11-5-3(10)2-4-6(7(5)14(17)18)13-9(16)8(15)12-4/h2H,(H,12,15)(H,13,16). The van der Waals surface area contributed by atoms with Crippen LogP contribution < -0.4 is 11.1 Å². The fourth-order valence-electron chi connectivity index (χ4n) is 1.48. The lowest BCUT2D eigenvalue weighted by molar-refractivity contribution is -0.382. The molecule has 0 saturated heterocycles. The molecule has 9 heteroatoms. The van der Waals surface area contributed by atoms with Crippen LogP contribution in [0.2, 0.25) is 0 Å². The Morgan fingerprint density at radius 3 is 2.50 bits per heavy atom. The number of benzene rings is 1. The summed E-state index contributed by atoms with van der Waals surface area (Å²) in [6, 6.07) is 0.743. The van der Waals surface area contributed by atoms with Gasteiger partial charge in [0.25, 0.3) is 5.69 Å². The fraction of sp³-hybridized carbons (Fsp3) is 0. The maximum absolute atomic E-state index is 13.4. The van der Waals surface area contributed by atoms with Crippen LogP contribution in [0.4, 0.5) is 15.8 Å². The number of fused-ring (bicyclic) bond motifs is 1. The van der Waals surface area contributed by atoms with Crippen LogP contribution in [0.25, 0.3) is 15.9 Å². The normalized spacial score (nSPS) is 10.2. The fourth-order valence-corrected chi connectivity index (χ4v) is 1.48. The molecule has 0 radical (unpaired) electrons. The van der Waals surface area contributed by atoms with E-state index < -0.39 is 38.8 Å². The summed E-state index contributed by atoms with van der Waals surface area (Å²) < 4.78 is 13.4. The van der Waals surface area contributed by atoms with Gasteiger partial charge in [0.05, 0.1) is 17.0 Å². The molecule has 0 aliphatic carbocycles. The maximum atomic E-state index is 13.4. The Morgan fingerprint density at radius 1 is 1.33 bits per heavy atom. The van der Waals surface area contributed by atoms with Crippen molar-refractivity contribution in [1.82, 2.24) is 9.97 Å². The zero-order chi connectivity index (χ0) is 13.4. The predicted octanol–water partition coefficient (Wildman–Crippen LogP) is 0.814. The molecule has 0 amide bonds. The van der Waals surface area contributed by atoms with Crippen LogP contribution in [0.5, 0.6) is 0 Å². The Balaban J connectivity index is 3.13. The highest BCUT2D eigenvalue weighted by Crippen LogP contribution is 2.35.